The standard InChI is InChI=1S/C22H22ClN3O2/c23-19-8-6-16(7-9-19)21-18(14-25-12-10-17(11-13-25)22(27)28)15-26(24-21)20-4-2-1-3-5-20/h1-9,15,17H,10-14H2,(H,27,28). The number of benzene rings is 2. The molecule has 1 N–H and O–H groups in total. The molecule has 0 atom stereocenters. The van der Waals surface area contributed by atoms with E-state index in [1.807, 2.05) is 59.3 Å². The summed E-state index contributed by atoms with van der Waals surface area (Å²) in [6, 6.07) is 17.8. The Morgan fingerprint density at radius 1 is 1.07 bits per heavy atom. The summed E-state index contributed by atoms with van der Waals surface area (Å²) in [5, 5.41) is 14.8. The van der Waals surface area contributed by atoms with Gasteiger partial charge in [0, 0.05) is 28.9 Å². The lowest BCUT2D eigenvalue weighted by molar-refractivity contribution is -0.143. The number of hydrogen-bond donors (Lipinski definition) is 1. The molecular weight excluding hydrogens is 374 g/mol. The number of nitrogens with zero attached hydrogens (tertiary/aromatic N) is 3. The van der Waals surface area contributed by atoms with Gasteiger partial charge < -0.3 is 5.11 Å². The summed E-state index contributed by atoms with van der Waals surface area (Å²) >= 11 is 6.05. The van der Waals surface area contributed by atoms with Gasteiger partial charge in [-0.05, 0) is 50.2 Å². The fraction of sp³-hybridized carbons (Fsp3) is 0.273. The highest BCUT2D eigenvalue weighted by Crippen LogP contribution is 2.28. The van der Waals surface area contributed by atoms with E-state index < -0.39 is 5.97 Å². The number of carbonyl (C=O) groups is 1. The van der Waals surface area contributed by atoms with Gasteiger partial charge in [-0.2, -0.15) is 5.10 Å². The van der Waals surface area contributed by atoms with Crippen molar-refractivity contribution in [2.24, 2.45) is 5.92 Å². The Labute approximate surface area is 169 Å². The van der Waals surface area contributed by atoms with Gasteiger partial charge in [0.05, 0.1) is 17.3 Å². The second-order valence-corrected chi connectivity index (χ2v) is 7.62. The van der Waals surface area contributed by atoms with Crippen LogP contribution >= 0.6 is 11.6 Å². The number of halogens is 1. The molecule has 0 radical (unpaired) electrons. The Bertz CT molecular complexity index is 946. The highest BCUT2D eigenvalue weighted by atomic mass is 35.5. The molecule has 1 saturated heterocycles. The molecule has 5 nitrogen and oxygen atoms in total. The highest BCUT2D eigenvalue weighted by molar-refractivity contribution is 6.30. The molecule has 0 bridgehead atoms. The van der Waals surface area contributed by atoms with E-state index in [0.717, 1.165) is 42.1 Å². The smallest absolute Gasteiger partial charge is 0.306 e. The van der Waals surface area contributed by atoms with Crippen LogP contribution < -0.4 is 0 Å². The van der Waals surface area contributed by atoms with Crippen LogP contribution in [0.15, 0.2) is 60.8 Å². The van der Waals surface area contributed by atoms with E-state index in [1.54, 1.807) is 0 Å². The fourth-order valence-corrected chi connectivity index (χ4v) is 3.79. The van der Waals surface area contributed by atoms with Crippen molar-refractivity contribution in [2.45, 2.75) is 19.4 Å². The molecule has 1 aliphatic heterocycles. The van der Waals surface area contributed by atoms with Crippen LogP contribution in [0.4, 0.5) is 0 Å². The summed E-state index contributed by atoms with van der Waals surface area (Å²) in [6.07, 6.45) is 3.46. The quantitative estimate of drug-likeness (QED) is 0.691. The van der Waals surface area contributed by atoms with E-state index >= 15 is 0 Å². The van der Waals surface area contributed by atoms with Crippen LogP contribution in [0.1, 0.15) is 18.4 Å². The molecule has 0 amide bonds. The minimum absolute atomic E-state index is 0.223. The van der Waals surface area contributed by atoms with E-state index in [9.17, 15) is 9.90 Å². The number of piperidine rings is 1. The van der Waals surface area contributed by atoms with E-state index in [1.165, 1.54) is 0 Å². The number of para-hydroxylation sites is 1. The molecule has 0 aliphatic carbocycles. The number of aromatic nitrogens is 2. The zero-order chi connectivity index (χ0) is 19.5. The molecule has 3 aromatic rings. The lowest BCUT2D eigenvalue weighted by Crippen LogP contribution is -2.35. The SMILES string of the molecule is O=C(O)C1CCN(Cc2cn(-c3ccccc3)nc2-c2ccc(Cl)cc2)CC1. The zero-order valence-corrected chi connectivity index (χ0v) is 16.2. The van der Waals surface area contributed by atoms with Crippen molar-refractivity contribution in [3.63, 3.8) is 0 Å². The van der Waals surface area contributed by atoms with Crippen molar-refractivity contribution in [2.75, 3.05) is 13.1 Å². The number of likely N-dealkylation sites (tertiary alicyclic amines) is 1. The maximum atomic E-state index is 11.2. The van der Waals surface area contributed by atoms with E-state index in [4.69, 9.17) is 16.7 Å². The first kappa shape index (κ1) is 18.7. The third kappa shape index (κ3) is 4.11. The fourth-order valence-electron chi connectivity index (χ4n) is 3.67. The van der Waals surface area contributed by atoms with Gasteiger partial charge in [-0.15, -0.1) is 0 Å². The lowest BCUT2D eigenvalue weighted by Gasteiger charge is -2.29. The normalized spacial score (nSPS) is 15.6. The lowest BCUT2D eigenvalue weighted by atomic mass is 9.96. The first-order valence-electron chi connectivity index (χ1n) is 9.45. The summed E-state index contributed by atoms with van der Waals surface area (Å²) in [4.78, 5) is 13.5. The molecule has 4 rings (SSSR count). The summed E-state index contributed by atoms with van der Waals surface area (Å²) in [5.74, 6) is -0.905. The van der Waals surface area contributed by atoms with Gasteiger partial charge >= 0.3 is 5.97 Å². The summed E-state index contributed by atoms with van der Waals surface area (Å²) in [6.45, 7) is 2.32. The van der Waals surface area contributed by atoms with Gasteiger partial charge in [-0.3, -0.25) is 9.69 Å². The minimum atomic E-state index is -0.682. The van der Waals surface area contributed by atoms with Crippen LogP contribution in [0.25, 0.3) is 16.9 Å². The number of carboxylic acids is 1. The van der Waals surface area contributed by atoms with Crippen LogP contribution in [0.3, 0.4) is 0 Å². The van der Waals surface area contributed by atoms with Gasteiger partial charge in [-0.1, -0.05) is 41.9 Å². The molecule has 1 fully saturated rings. The van der Waals surface area contributed by atoms with E-state index in [2.05, 4.69) is 11.1 Å². The first-order chi connectivity index (χ1) is 13.6. The Morgan fingerprint density at radius 3 is 2.39 bits per heavy atom. The highest BCUT2D eigenvalue weighted by Gasteiger charge is 2.25. The molecular formula is C22H22ClN3O2. The number of rotatable bonds is 5. The van der Waals surface area contributed by atoms with E-state index in [0.29, 0.717) is 17.9 Å². The topological polar surface area (TPSA) is 58.4 Å². The largest absolute Gasteiger partial charge is 0.481 e. The van der Waals surface area contributed by atoms with Crippen LogP contribution in [-0.2, 0) is 11.3 Å². The van der Waals surface area contributed by atoms with Gasteiger partial charge in [0.1, 0.15) is 0 Å². The zero-order valence-electron chi connectivity index (χ0n) is 15.5. The van der Waals surface area contributed by atoms with Crippen molar-refractivity contribution in [1.29, 1.82) is 0 Å². The molecule has 1 aliphatic rings. The maximum absolute atomic E-state index is 11.2. The van der Waals surface area contributed by atoms with Crippen LogP contribution in [0.5, 0.6) is 0 Å². The Balaban J connectivity index is 1.62. The molecule has 0 spiro atoms. The van der Waals surface area contributed by atoms with Gasteiger partial charge in [-0.25, -0.2) is 4.68 Å². The van der Waals surface area contributed by atoms with Crippen molar-refractivity contribution < 1.29 is 9.90 Å². The molecule has 2 heterocycles. The second-order valence-electron chi connectivity index (χ2n) is 7.18. The Kier molecular flexibility index (Phi) is 5.46. The third-order valence-corrected chi connectivity index (χ3v) is 5.51. The molecule has 1 aromatic heterocycles. The summed E-state index contributed by atoms with van der Waals surface area (Å²) in [5.41, 5.74) is 4.09. The molecule has 0 unspecified atom stereocenters. The molecule has 6 heteroatoms. The monoisotopic (exact) mass is 395 g/mol. The minimum Gasteiger partial charge on any atom is -0.481 e. The molecule has 0 saturated carbocycles. The Hall–Kier alpha value is -2.63. The average molecular weight is 396 g/mol. The van der Waals surface area contributed by atoms with Gasteiger partial charge in [0.15, 0.2) is 0 Å². The molecule has 2 aromatic carbocycles. The van der Waals surface area contributed by atoms with Crippen LogP contribution in [0, 0.1) is 5.92 Å². The number of aliphatic carboxylic acids is 1. The van der Waals surface area contributed by atoms with Crippen molar-refractivity contribution in [3.8, 4) is 16.9 Å². The van der Waals surface area contributed by atoms with Gasteiger partial charge in [0.25, 0.3) is 0 Å². The Morgan fingerprint density at radius 2 is 1.75 bits per heavy atom. The predicted molar refractivity (Wildman–Crippen MR) is 110 cm³/mol. The number of carboxylic acid groups (broad SMARTS) is 1. The second kappa shape index (κ2) is 8.17. The third-order valence-electron chi connectivity index (χ3n) is 5.26. The number of hydrogen-bond acceptors (Lipinski definition) is 3. The van der Waals surface area contributed by atoms with E-state index in [-0.39, 0.29) is 5.92 Å². The summed E-state index contributed by atoms with van der Waals surface area (Å²) in [7, 11) is 0. The molecule has 28 heavy (non-hydrogen) atoms. The maximum Gasteiger partial charge on any atom is 0.306 e. The van der Waals surface area contributed by atoms with Crippen molar-refractivity contribution in [3.05, 3.63) is 71.4 Å². The predicted octanol–water partition coefficient (Wildman–Crippen LogP) is 4.49. The van der Waals surface area contributed by atoms with Crippen molar-refractivity contribution >= 4 is 17.6 Å². The van der Waals surface area contributed by atoms with Crippen LogP contribution in [-0.4, -0.2) is 38.8 Å². The van der Waals surface area contributed by atoms with Crippen molar-refractivity contribution in [1.82, 2.24) is 14.7 Å². The van der Waals surface area contributed by atoms with Gasteiger partial charge in [0.2, 0.25) is 0 Å². The summed E-state index contributed by atoms with van der Waals surface area (Å²) < 4.78 is 1.91. The molecule has 144 valence electrons. The van der Waals surface area contributed by atoms with Crippen LogP contribution in [0.2, 0.25) is 5.02 Å². The first-order valence-corrected chi connectivity index (χ1v) is 9.83. The average Bonchev–Trinajstić information content (AvgIpc) is 3.13.